The number of sulfonamides is 1. The van der Waals surface area contributed by atoms with E-state index >= 15 is 0 Å². The van der Waals surface area contributed by atoms with Gasteiger partial charge in [0.05, 0.1) is 13.4 Å². The maximum atomic E-state index is 12.4. The molecule has 1 aliphatic heterocycles. The van der Waals surface area contributed by atoms with Crippen LogP contribution in [-0.4, -0.2) is 54.8 Å². The Kier molecular flexibility index (Phi) is 5.02. The van der Waals surface area contributed by atoms with Gasteiger partial charge in [-0.25, -0.2) is 8.42 Å². The lowest BCUT2D eigenvalue weighted by molar-refractivity contribution is -0.119. The van der Waals surface area contributed by atoms with Gasteiger partial charge in [-0.3, -0.25) is 10.1 Å². The SMILES string of the molecule is COc1cccc(-c2nnc(NC(=O)C3CCCN3S(C)(=O)=O)s2)c1. The van der Waals surface area contributed by atoms with Crippen molar-refractivity contribution in [2.45, 2.75) is 18.9 Å². The van der Waals surface area contributed by atoms with Crippen molar-refractivity contribution in [3.8, 4) is 16.3 Å². The number of carbonyl (C=O) groups is 1. The third kappa shape index (κ3) is 3.97. The van der Waals surface area contributed by atoms with E-state index in [-0.39, 0.29) is 5.91 Å². The van der Waals surface area contributed by atoms with E-state index in [9.17, 15) is 13.2 Å². The molecule has 2 aromatic rings. The topological polar surface area (TPSA) is 101 Å². The second-order valence-electron chi connectivity index (χ2n) is 5.67. The van der Waals surface area contributed by atoms with E-state index in [1.807, 2.05) is 24.3 Å². The maximum Gasteiger partial charge on any atom is 0.244 e. The fraction of sp³-hybridized carbons (Fsp3) is 0.400. The first kappa shape index (κ1) is 17.8. The molecule has 3 rings (SSSR count). The van der Waals surface area contributed by atoms with Gasteiger partial charge in [-0.1, -0.05) is 23.5 Å². The van der Waals surface area contributed by atoms with Crippen molar-refractivity contribution < 1.29 is 17.9 Å². The van der Waals surface area contributed by atoms with E-state index in [0.717, 1.165) is 11.8 Å². The molecular formula is C15H18N4O4S2. The average molecular weight is 382 g/mol. The largest absolute Gasteiger partial charge is 0.497 e. The number of hydrogen-bond acceptors (Lipinski definition) is 7. The zero-order valence-corrected chi connectivity index (χ0v) is 15.4. The van der Waals surface area contributed by atoms with Gasteiger partial charge in [0.2, 0.25) is 21.1 Å². The normalized spacial score (nSPS) is 18.2. The Labute approximate surface area is 149 Å². The molecule has 25 heavy (non-hydrogen) atoms. The lowest BCUT2D eigenvalue weighted by Gasteiger charge is -2.20. The smallest absolute Gasteiger partial charge is 0.244 e. The summed E-state index contributed by atoms with van der Waals surface area (Å²) in [7, 11) is -1.83. The van der Waals surface area contributed by atoms with Gasteiger partial charge in [0, 0.05) is 12.1 Å². The number of benzene rings is 1. The van der Waals surface area contributed by atoms with Crippen molar-refractivity contribution in [2.24, 2.45) is 0 Å². The first-order chi connectivity index (χ1) is 11.9. The number of rotatable bonds is 5. The minimum atomic E-state index is -3.41. The third-order valence-corrected chi connectivity index (χ3v) is 6.08. The highest BCUT2D eigenvalue weighted by Gasteiger charge is 2.36. The van der Waals surface area contributed by atoms with Crippen LogP contribution < -0.4 is 10.1 Å². The van der Waals surface area contributed by atoms with Crippen molar-refractivity contribution >= 4 is 32.4 Å². The van der Waals surface area contributed by atoms with Gasteiger partial charge in [-0.05, 0) is 25.0 Å². The molecule has 2 heterocycles. The maximum absolute atomic E-state index is 12.4. The van der Waals surface area contributed by atoms with E-state index in [4.69, 9.17) is 4.74 Å². The van der Waals surface area contributed by atoms with Crippen LogP contribution in [0.1, 0.15) is 12.8 Å². The molecule has 1 amide bonds. The molecule has 1 aliphatic rings. The number of nitrogens with zero attached hydrogens (tertiary/aromatic N) is 3. The van der Waals surface area contributed by atoms with Crippen molar-refractivity contribution in [3.05, 3.63) is 24.3 Å². The first-order valence-electron chi connectivity index (χ1n) is 7.64. The Morgan fingerprint density at radius 1 is 1.40 bits per heavy atom. The first-order valence-corrected chi connectivity index (χ1v) is 10.3. The van der Waals surface area contributed by atoms with Gasteiger partial charge >= 0.3 is 0 Å². The molecule has 0 saturated carbocycles. The molecule has 0 aliphatic carbocycles. The summed E-state index contributed by atoms with van der Waals surface area (Å²) in [6, 6.07) is 6.67. The highest BCUT2D eigenvalue weighted by atomic mass is 32.2. The second kappa shape index (κ2) is 7.06. The summed E-state index contributed by atoms with van der Waals surface area (Å²) in [5.41, 5.74) is 0.830. The monoisotopic (exact) mass is 382 g/mol. The molecule has 1 aromatic heterocycles. The molecule has 10 heteroatoms. The highest BCUT2D eigenvalue weighted by molar-refractivity contribution is 7.88. The van der Waals surface area contributed by atoms with Crippen LogP contribution in [0.2, 0.25) is 0 Å². The number of aromatic nitrogens is 2. The van der Waals surface area contributed by atoms with E-state index in [2.05, 4.69) is 15.5 Å². The third-order valence-electron chi connectivity index (χ3n) is 3.90. The summed E-state index contributed by atoms with van der Waals surface area (Å²) in [5.74, 6) is 0.323. The van der Waals surface area contributed by atoms with Crippen LogP contribution in [0.4, 0.5) is 5.13 Å². The summed E-state index contributed by atoms with van der Waals surface area (Å²) in [6.45, 7) is 0.363. The summed E-state index contributed by atoms with van der Waals surface area (Å²) in [4.78, 5) is 12.4. The second-order valence-corrected chi connectivity index (χ2v) is 8.58. The summed E-state index contributed by atoms with van der Waals surface area (Å²) in [5, 5.41) is 11.7. The summed E-state index contributed by atoms with van der Waals surface area (Å²) >= 11 is 1.22. The summed E-state index contributed by atoms with van der Waals surface area (Å²) in [6.07, 6.45) is 2.28. The highest BCUT2D eigenvalue weighted by Crippen LogP contribution is 2.29. The Bertz CT molecular complexity index is 881. The fourth-order valence-corrected chi connectivity index (χ4v) is 4.60. The van der Waals surface area contributed by atoms with E-state index in [1.54, 1.807) is 7.11 Å². The van der Waals surface area contributed by atoms with Crippen LogP contribution in [0, 0.1) is 0 Å². The molecule has 1 unspecified atom stereocenters. The zero-order valence-electron chi connectivity index (χ0n) is 13.8. The molecule has 1 N–H and O–H groups in total. The molecule has 1 fully saturated rings. The quantitative estimate of drug-likeness (QED) is 0.842. The van der Waals surface area contributed by atoms with Crippen molar-refractivity contribution in [2.75, 3.05) is 25.2 Å². The standard InChI is InChI=1S/C15H18N4O4S2/c1-23-11-6-3-5-10(9-11)14-17-18-15(24-14)16-13(20)12-7-4-8-19(12)25(2,21)22/h3,5-6,9,12H,4,7-8H2,1-2H3,(H,16,18,20). The predicted octanol–water partition coefficient (Wildman–Crippen LogP) is 1.58. The average Bonchev–Trinajstić information content (AvgIpc) is 3.23. The lowest BCUT2D eigenvalue weighted by Crippen LogP contribution is -2.42. The van der Waals surface area contributed by atoms with E-state index in [0.29, 0.717) is 35.3 Å². The molecule has 1 aromatic carbocycles. The number of nitrogens with one attached hydrogen (secondary N) is 1. The molecule has 0 radical (unpaired) electrons. The Morgan fingerprint density at radius 2 is 2.20 bits per heavy atom. The molecule has 1 saturated heterocycles. The number of amides is 1. The minimum absolute atomic E-state index is 0.336. The van der Waals surface area contributed by atoms with Gasteiger partial charge in [0.25, 0.3) is 0 Å². The molecule has 8 nitrogen and oxygen atoms in total. The van der Waals surface area contributed by atoms with Crippen LogP contribution in [-0.2, 0) is 14.8 Å². The Morgan fingerprint density at radius 3 is 2.92 bits per heavy atom. The van der Waals surface area contributed by atoms with Crippen molar-refractivity contribution in [1.82, 2.24) is 14.5 Å². The number of anilines is 1. The Balaban J connectivity index is 1.74. The van der Waals surface area contributed by atoms with E-state index < -0.39 is 16.1 Å². The number of carbonyl (C=O) groups excluding carboxylic acids is 1. The number of methoxy groups -OCH3 is 1. The van der Waals surface area contributed by atoms with Gasteiger partial charge in [0.15, 0.2) is 0 Å². The van der Waals surface area contributed by atoms with Crippen LogP contribution in [0.5, 0.6) is 5.75 Å². The van der Waals surface area contributed by atoms with Gasteiger partial charge in [0.1, 0.15) is 16.8 Å². The van der Waals surface area contributed by atoms with Crippen LogP contribution >= 0.6 is 11.3 Å². The van der Waals surface area contributed by atoms with Crippen molar-refractivity contribution in [1.29, 1.82) is 0 Å². The number of hydrogen-bond donors (Lipinski definition) is 1. The fourth-order valence-electron chi connectivity index (χ4n) is 2.73. The van der Waals surface area contributed by atoms with Crippen molar-refractivity contribution in [3.63, 3.8) is 0 Å². The zero-order chi connectivity index (χ0) is 18.0. The minimum Gasteiger partial charge on any atom is -0.497 e. The van der Waals surface area contributed by atoms with Gasteiger partial charge in [-0.15, -0.1) is 10.2 Å². The molecule has 1 atom stereocenters. The molecule has 134 valence electrons. The molecular weight excluding hydrogens is 364 g/mol. The van der Waals surface area contributed by atoms with Crippen LogP contribution in [0.15, 0.2) is 24.3 Å². The summed E-state index contributed by atoms with van der Waals surface area (Å²) < 4.78 is 29.9. The predicted molar refractivity (Wildman–Crippen MR) is 95.1 cm³/mol. The van der Waals surface area contributed by atoms with Gasteiger partial charge < -0.3 is 4.74 Å². The lowest BCUT2D eigenvalue weighted by atomic mass is 10.2. The van der Waals surface area contributed by atoms with Gasteiger partial charge in [-0.2, -0.15) is 4.31 Å². The van der Waals surface area contributed by atoms with E-state index in [1.165, 1.54) is 15.6 Å². The Hall–Kier alpha value is -2.04. The number of ether oxygens (including phenoxy) is 1. The molecule has 0 bridgehead atoms. The molecule has 0 spiro atoms. The van der Waals surface area contributed by atoms with Crippen LogP contribution in [0.25, 0.3) is 10.6 Å². The van der Waals surface area contributed by atoms with Crippen LogP contribution in [0.3, 0.4) is 0 Å².